The van der Waals surface area contributed by atoms with E-state index in [-0.39, 0.29) is 31.2 Å². The number of hydrogen-bond acceptors (Lipinski definition) is 3. The SMILES string of the molecule is O=C(NCC(CCO)c1ccccc1)N1CCCCC1CCO. The molecule has 1 aliphatic rings. The van der Waals surface area contributed by atoms with Crippen molar-refractivity contribution in [3.05, 3.63) is 35.9 Å². The van der Waals surface area contributed by atoms with E-state index in [1.54, 1.807) is 0 Å². The second-order valence-electron chi connectivity index (χ2n) is 6.16. The first-order valence-corrected chi connectivity index (χ1v) is 8.57. The normalized spacial score (nSPS) is 19.4. The summed E-state index contributed by atoms with van der Waals surface area (Å²) in [7, 11) is 0. The molecule has 0 spiro atoms. The van der Waals surface area contributed by atoms with Crippen LogP contribution in [0.3, 0.4) is 0 Å². The van der Waals surface area contributed by atoms with Gasteiger partial charge in [0.25, 0.3) is 0 Å². The van der Waals surface area contributed by atoms with Crippen molar-refractivity contribution in [2.24, 2.45) is 0 Å². The van der Waals surface area contributed by atoms with Crippen LogP contribution in [0.15, 0.2) is 30.3 Å². The molecule has 2 amide bonds. The van der Waals surface area contributed by atoms with E-state index in [4.69, 9.17) is 5.11 Å². The number of nitrogens with zero attached hydrogens (tertiary/aromatic N) is 1. The van der Waals surface area contributed by atoms with Crippen LogP contribution < -0.4 is 5.32 Å². The van der Waals surface area contributed by atoms with E-state index in [1.165, 1.54) is 0 Å². The summed E-state index contributed by atoms with van der Waals surface area (Å²) < 4.78 is 0. The summed E-state index contributed by atoms with van der Waals surface area (Å²) in [6.45, 7) is 1.50. The minimum atomic E-state index is -0.0537. The van der Waals surface area contributed by atoms with E-state index >= 15 is 0 Å². The lowest BCUT2D eigenvalue weighted by atomic mass is 9.96. The number of aliphatic hydroxyl groups is 2. The molecule has 1 heterocycles. The third-order valence-electron chi connectivity index (χ3n) is 4.60. The first-order chi connectivity index (χ1) is 11.3. The molecule has 23 heavy (non-hydrogen) atoms. The summed E-state index contributed by atoms with van der Waals surface area (Å²) in [5.74, 6) is 0.117. The molecule has 1 aromatic carbocycles. The molecule has 1 aromatic rings. The first kappa shape index (κ1) is 17.8. The second-order valence-corrected chi connectivity index (χ2v) is 6.16. The van der Waals surface area contributed by atoms with E-state index in [1.807, 2.05) is 35.2 Å². The van der Waals surface area contributed by atoms with Gasteiger partial charge in [0.2, 0.25) is 0 Å². The molecule has 5 heteroatoms. The molecule has 2 atom stereocenters. The van der Waals surface area contributed by atoms with Gasteiger partial charge in [-0.15, -0.1) is 0 Å². The van der Waals surface area contributed by atoms with E-state index in [9.17, 15) is 9.90 Å². The Morgan fingerprint density at radius 1 is 1.22 bits per heavy atom. The smallest absolute Gasteiger partial charge is 0.317 e. The third kappa shape index (κ3) is 5.22. The zero-order valence-electron chi connectivity index (χ0n) is 13.7. The Balaban J connectivity index is 1.92. The van der Waals surface area contributed by atoms with Crippen LogP contribution in [0.5, 0.6) is 0 Å². The van der Waals surface area contributed by atoms with Crippen LogP contribution in [0.1, 0.15) is 43.6 Å². The van der Waals surface area contributed by atoms with Gasteiger partial charge in [-0.1, -0.05) is 30.3 Å². The zero-order valence-corrected chi connectivity index (χ0v) is 13.7. The Labute approximate surface area is 138 Å². The summed E-state index contributed by atoms with van der Waals surface area (Å²) in [6.07, 6.45) is 4.38. The molecule has 2 unspecified atom stereocenters. The number of amides is 2. The molecule has 1 saturated heterocycles. The van der Waals surface area contributed by atoms with Crippen molar-refractivity contribution < 1.29 is 15.0 Å². The largest absolute Gasteiger partial charge is 0.396 e. The molecule has 0 aliphatic carbocycles. The molecule has 128 valence electrons. The van der Waals surface area contributed by atoms with E-state index in [0.29, 0.717) is 19.4 Å². The van der Waals surface area contributed by atoms with Gasteiger partial charge in [0.15, 0.2) is 0 Å². The van der Waals surface area contributed by atoms with E-state index in [2.05, 4.69) is 5.32 Å². The monoisotopic (exact) mass is 320 g/mol. The maximum absolute atomic E-state index is 12.5. The van der Waals surface area contributed by atoms with Crippen molar-refractivity contribution in [2.45, 2.75) is 44.1 Å². The Bertz CT molecular complexity index is 465. The molecule has 0 aromatic heterocycles. The van der Waals surface area contributed by atoms with Gasteiger partial charge >= 0.3 is 6.03 Å². The van der Waals surface area contributed by atoms with Crippen LogP contribution in [-0.4, -0.2) is 53.5 Å². The Kier molecular flexibility index (Phi) is 7.36. The van der Waals surface area contributed by atoms with Crippen LogP contribution in [0.2, 0.25) is 0 Å². The maximum Gasteiger partial charge on any atom is 0.317 e. The number of likely N-dealkylation sites (tertiary alicyclic amines) is 1. The second kappa shape index (κ2) is 9.53. The van der Waals surface area contributed by atoms with E-state index < -0.39 is 0 Å². The minimum Gasteiger partial charge on any atom is -0.396 e. The standard InChI is InChI=1S/C18H28N2O3/c21-12-9-16(15-6-2-1-3-7-15)14-19-18(23)20-11-5-4-8-17(20)10-13-22/h1-3,6-7,16-17,21-22H,4-5,8-14H2,(H,19,23). The third-order valence-corrected chi connectivity index (χ3v) is 4.60. The zero-order chi connectivity index (χ0) is 16.5. The number of urea groups is 1. The molecule has 1 aliphatic heterocycles. The van der Waals surface area contributed by atoms with Crippen LogP contribution >= 0.6 is 0 Å². The van der Waals surface area contributed by atoms with Gasteiger partial charge in [0.05, 0.1) is 0 Å². The van der Waals surface area contributed by atoms with Crippen LogP contribution in [0, 0.1) is 0 Å². The fraction of sp³-hybridized carbons (Fsp3) is 0.611. The fourth-order valence-corrected chi connectivity index (χ4v) is 3.30. The average molecular weight is 320 g/mol. The van der Waals surface area contributed by atoms with Gasteiger partial charge in [-0.3, -0.25) is 0 Å². The summed E-state index contributed by atoms with van der Waals surface area (Å²) >= 11 is 0. The topological polar surface area (TPSA) is 72.8 Å². The van der Waals surface area contributed by atoms with Crippen LogP contribution in [-0.2, 0) is 0 Å². The predicted molar refractivity (Wildman–Crippen MR) is 90.3 cm³/mol. The fourth-order valence-electron chi connectivity index (χ4n) is 3.30. The lowest BCUT2D eigenvalue weighted by molar-refractivity contribution is 0.131. The van der Waals surface area contributed by atoms with Gasteiger partial charge in [-0.05, 0) is 37.7 Å². The van der Waals surface area contributed by atoms with Crippen molar-refractivity contribution >= 4 is 6.03 Å². The molecular formula is C18H28N2O3. The van der Waals surface area contributed by atoms with Gasteiger partial charge in [0, 0.05) is 38.3 Å². The summed E-state index contributed by atoms with van der Waals surface area (Å²) in [5.41, 5.74) is 1.13. The lowest BCUT2D eigenvalue weighted by Gasteiger charge is -2.36. The quantitative estimate of drug-likeness (QED) is 0.720. The van der Waals surface area contributed by atoms with Crippen molar-refractivity contribution in [2.75, 3.05) is 26.3 Å². The minimum absolute atomic E-state index is 0.0537. The number of benzene rings is 1. The highest BCUT2D eigenvalue weighted by Gasteiger charge is 2.26. The summed E-state index contributed by atoms with van der Waals surface area (Å²) in [4.78, 5) is 14.4. The number of piperidine rings is 1. The number of carbonyl (C=O) groups excluding carboxylic acids is 1. The molecule has 1 fully saturated rings. The number of nitrogens with one attached hydrogen (secondary N) is 1. The molecule has 2 rings (SSSR count). The van der Waals surface area contributed by atoms with Gasteiger partial charge in [-0.25, -0.2) is 4.79 Å². The van der Waals surface area contributed by atoms with Gasteiger partial charge in [0.1, 0.15) is 0 Å². The van der Waals surface area contributed by atoms with Crippen molar-refractivity contribution in [3.8, 4) is 0 Å². The molecule has 0 bridgehead atoms. The predicted octanol–water partition coefficient (Wildman–Crippen LogP) is 2.10. The molecule has 3 N–H and O–H groups in total. The number of hydrogen-bond donors (Lipinski definition) is 3. The number of rotatable bonds is 7. The Morgan fingerprint density at radius 2 is 2.00 bits per heavy atom. The molecule has 0 radical (unpaired) electrons. The number of carbonyl (C=O) groups is 1. The maximum atomic E-state index is 12.5. The Hall–Kier alpha value is -1.59. The lowest BCUT2D eigenvalue weighted by Crippen LogP contribution is -2.49. The highest BCUT2D eigenvalue weighted by Crippen LogP contribution is 2.21. The average Bonchev–Trinajstić information content (AvgIpc) is 2.60. The molecule has 5 nitrogen and oxygen atoms in total. The summed E-state index contributed by atoms with van der Waals surface area (Å²) in [6, 6.07) is 10.1. The van der Waals surface area contributed by atoms with Crippen molar-refractivity contribution in [1.29, 1.82) is 0 Å². The Morgan fingerprint density at radius 3 is 2.70 bits per heavy atom. The van der Waals surface area contributed by atoms with Crippen LogP contribution in [0.25, 0.3) is 0 Å². The van der Waals surface area contributed by atoms with Gasteiger partial charge in [-0.2, -0.15) is 0 Å². The first-order valence-electron chi connectivity index (χ1n) is 8.57. The van der Waals surface area contributed by atoms with E-state index in [0.717, 1.165) is 31.4 Å². The molecular weight excluding hydrogens is 292 g/mol. The van der Waals surface area contributed by atoms with Gasteiger partial charge < -0.3 is 20.4 Å². The molecule has 0 saturated carbocycles. The highest BCUT2D eigenvalue weighted by molar-refractivity contribution is 5.74. The van der Waals surface area contributed by atoms with Crippen LogP contribution in [0.4, 0.5) is 4.79 Å². The van der Waals surface area contributed by atoms with Crippen molar-refractivity contribution in [1.82, 2.24) is 10.2 Å². The number of aliphatic hydroxyl groups excluding tert-OH is 2. The van der Waals surface area contributed by atoms with Crippen molar-refractivity contribution in [3.63, 3.8) is 0 Å². The highest BCUT2D eigenvalue weighted by atomic mass is 16.3. The summed E-state index contributed by atoms with van der Waals surface area (Å²) in [5, 5.41) is 21.5.